The van der Waals surface area contributed by atoms with Crippen molar-refractivity contribution in [2.75, 3.05) is 6.54 Å². The molecule has 1 heterocycles. The molecule has 2 fully saturated rings. The van der Waals surface area contributed by atoms with Crippen molar-refractivity contribution in [3.63, 3.8) is 0 Å². The summed E-state index contributed by atoms with van der Waals surface area (Å²) in [5.74, 6) is -0.256. The van der Waals surface area contributed by atoms with Crippen molar-refractivity contribution in [1.82, 2.24) is 10.2 Å². The maximum Gasteiger partial charge on any atom is 0.243 e. The highest BCUT2D eigenvalue weighted by Crippen LogP contribution is 2.22. The molecule has 0 aromatic heterocycles. The summed E-state index contributed by atoms with van der Waals surface area (Å²) >= 11 is 5.92. The molecule has 0 spiro atoms. The number of carbonyl (C=O) groups excluding carboxylic acids is 3. The van der Waals surface area contributed by atoms with Gasteiger partial charge in [0.15, 0.2) is 5.78 Å². The first-order valence-corrected chi connectivity index (χ1v) is 10.3. The highest BCUT2D eigenvalue weighted by Gasteiger charge is 2.34. The fourth-order valence-electron chi connectivity index (χ4n) is 4.05. The van der Waals surface area contributed by atoms with Gasteiger partial charge in [-0.15, -0.1) is 0 Å². The van der Waals surface area contributed by atoms with Gasteiger partial charge in [-0.25, -0.2) is 0 Å². The van der Waals surface area contributed by atoms with Gasteiger partial charge < -0.3 is 10.2 Å². The van der Waals surface area contributed by atoms with Crippen LogP contribution in [0.3, 0.4) is 0 Å². The minimum atomic E-state index is -0.388. The zero-order valence-electron chi connectivity index (χ0n) is 15.6. The van der Waals surface area contributed by atoms with Crippen molar-refractivity contribution in [2.45, 2.75) is 69.9 Å². The average molecular weight is 391 g/mol. The molecule has 0 radical (unpaired) electrons. The van der Waals surface area contributed by atoms with Gasteiger partial charge in [-0.3, -0.25) is 14.4 Å². The summed E-state index contributed by atoms with van der Waals surface area (Å²) in [4.78, 5) is 39.2. The van der Waals surface area contributed by atoms with Crippen LogP contribution in [0, 0.1) is 0 Å². The Labute approximate surface area is 165 Å². The molecule has 2 aliphatic rings. The number of hydrogen-bond donors (Lipinski definition) is 1. The molecule has 27 heavy (non-hydrogen) atoms. The van der Waals surface area contributed by atoms with Crippen LogP contribution in [0.4, 0.5) is 0 Å². The molecule has 0 bridgehead atoms. The normalized spacial score (nSPS) is 20.5. The largest absolute Gasteiger partial charge is 0.352 e. The maximum absolute atomic E-state index is 12.6. The molecule has 3 rings (SSSR count). The van der Waals surface area contributed by atoms with Crippen molar-refractivity contribution in [1.29, 1.82) is 0 Å². The first-order valence-electron chi connectivity index (χ1n) is 9.93. The Kier molecular flexibility index (Phi) is 6.89. The second-order valence-electron chi connectivity index (χ2n) is 7.52. The van der Waals surface area contributed by atoms with Gasteiger partial charge in [0, 0.05) is 36.0 Å². The minimum Gasteiger partial charge on any atom is -0.352 e. The Hall–Kier alpha value is -1.88. The molecule has 1 unspecified atom stereocenters. The van der Waals surface area contributed by atoms with Gasteiger partial charge in [0.1, 0.15) is 6.04 Å². The van der Waals surface area contributed by atoms with Gasteiger partial charge in [-0.05, 0) is 37.8 Å². The van der Waals surface area contributed by atoms with Gasteiger partial charge in [0.05, 0.1) is 0 Å². The average Bonchev–Trinajstić information content (AvgIpc) is 3.17. The molecule has 1 atom stereocenters. The highest BCUT2D eigenvalue weighted by molar-refractivity contribution is 6.31. The Morgan fingerprint density at radius 2 is 1.81 bits per heavy atom. The lowest BCUT2D eigenvalue weighted by Crippen LogP contribution is -2.49. The number of likely N-dealkylation sites (tertiary alicyclic amines) is 1. The van der Waals surface area contributed by atoms with E-state index in [0.717, 1.165) is 32.1 Å². The quantitative estimate of drug-likeness (QED) is 0.752. The summed E-state index contributed by atoms with van der Waals surface area (Å²) in [5, 5.41) is 3.63. The molecule has 1 saturated heterocycles. The lowest BCUT2D eigenvalue weighted by Gasteiger charge is -2.28. The molecule has 1 aliphatic heterocycles. The van der Waals surface area contributed by atoms with Crippen molar-refractivity contribution in [2.24, 2.45) is 0 Å². The lowest BCUT2D eigenvalue weighted by atomic mass is 9.95. The summed E-state index contributed by atoms with van der Waals surface area (Å²) in [5.41, 5.74) is 0.517. The van der Waals surface area contributed by atoms with Crippen molar-refractivity contribution < 1.29 is 14.4 Å². The van der Waals surface area contributed by atoms with Crippen LogP contribution in [-0.2, 0) is 9.59 Å². The van der Waals surface area contributed by atoms with E-state index in [1.54, 1.807) is 29.2 Å². The first kappa shape index (κ1) is 19.9. The van der Waals surface area contributed by atoms with Crippen molar-refractivity contribution in [3.05, 3.63) is 34.9 Å². The predicted molar refractivity (Wildman–Crippen MR) is 105 cm³/mol. The second-order valence-corrected chi connectivity index (χ2v) is 7.96. The molecule has 1 aliphatic carbocycles. The number of amides is 2. The van der Waals surface area contributed by atoms with Crippen LogP contribution in [0.1, 0.15) is 68.1 Å². The summed E-state index contributed by atoms with van der Waals surface area (Å²) in [7, 11) is 0. The molecule has 1 saturated carbocycles. The number of Topliss-reactive ketones (excluding diaryl/α,β-unsaturated/α-hetero) is 1. The van der Waals surface area contributed by atoms with E-state index in [4.69, 9.17) is 11.6 Å². The van der Waals surface area contributed by atoms with E-state index >= 15 is 0 Å². The minimum absolute atomic E-state index is 0.0334. The number of nitrogens with one attached hydrogen (secondary N) is 1. The fourth-order valence-corrected chi connectivity index (χ4v) is 4.24. The molecular weight excluding hydrogens is 364 g/mol. The van der Waals surface area contributed by atoms with Crippen LogP contribution in [0.15, 0.2) is 24.3 Å². The monoisotopic (exact) mass is 390 g/mol. The third-order valence-electron chi connectivity index (χ3n) is 5.54. The Morgan fingerprint density at radius 3 is 2.56 bits per heavy atom. The molecule has 1 aromatic carbocycles. The third kappa shape index (κ3) is 5.32. The van der Waals surface area contributed by atoms with E-state index in [9.17, 15) is 14.4 Å². The molecule has 1 aromatic rings. The number of ketones is 1. The van der Waals surface area contributed by atoms with Crippen molar-refractivity contribution in [3.8, 4) is 0 Å². The fraction of sp³-hybridized carbons (Fsp3) is 0.571. The summed E-state index contributed by atoms with van der Waals surface area (Å²) in [6.07, 6.45) is 7.39. The van der Waals surface area contributed by atoms with Gasteiger partial charge in [0.2, 0.25) is 11.8 Å². The summed E-state index contributed by atoms with van der Waals surface area (Å²) < 4.78 is 0. The summed E-state index contributed by atoms with van der Waals surface area (Å²) in [6, 6.07) is 6.61. The van der Waals surface area contributed by atoms with Crippen LogP contribution in [-0.4, -0.2) is 41.1 Å². The SMILES string of the molecule is O=C(CCC(=O)N1CCCC1C(=O)NC1CCCCC1)c1cccc(Cl)c1. The van der Waals surface area contributed by atoms with E-state index < -0.39 is 0 Å². The maximum atomic E-state index is 12.6. The van der Waals surface area contributed by atoms with Crippen LogP contribution < -0.4 is 5.32 Å². The zero-order valence-corrected chi connectivity index (χ0v) is 16.3. The van der Waals surface area contributed by atoms with Gasteiger partial charge in [-0.2, -0.15) is 0 Å². The Morgan fingerprint density at radius 1 is 1.04 bits per heavy atom. The molecule has 6 heteroatoms. The molecule has 2 amide bonds. The van der Waals surface area contributed by atoms with E-state index in [1.807, 2.05) is 0 Å². The second kappa shape index (κ2) is 9.36. The Bertz CT molecular complexity index is 700. The number of carbonyl (C=O) groups is 3. The predicted octanol–water partition coefficient (Wildman–Crippen LogP) is 3.74. The summed E-state index contributed by atoms with van der Waals surface area (Å²) in [6.45, 7) is 0.590. The lowest BCUT2D eigenvalue weighted by molar-refractivity contribution is -0.138. The van der Waals surface area contributed by atoms with Gasteiger partial charge >= 0.3 is 0 Å². The molecule has 146 valence electrons. The third-order valence-corrected chi connectivity index (χ3v) is 5.77. The Balaban J connectivity index is 1.52. The topological polar surface area (TPSA) is 66.5 Å². The van der Waals surface area contributed by atoms with E-state index in [2.05, 4.69) is 5.32 Å². The molecular formula is C21H27ClN2O3. The number of benzene rings is 1. The van der Waals surface area contributed by atoms with E-state index in [-0.39, 0.29) is 42.5 Å². The number of nitrogens with zero attached hydrogens (tertiary/aromatic N) is 1. The standard InChI is InChI=1S/C21H27ClN2O3/c22-16-7-4-6-15(14-16)19(25)11-12-20(26)24-13-5-10-18(24)21(27)23-17-8-2-1-3-9-17/h4,6-7,14,17-18H,1-3,5,8-13H2,(H,23,27). The van der Waals surface area contributed by atoms with Crippen LogP contribution in [0.5, 0.6) is 0 Å². The van der Waals surface area contributed by atoms with Crippen LogP contribution in [0.25, 0.3) is 0 Å². The van der Waals surface area contributed by atoms with Crippen molar-refractivity contribution >= 4 is 29.2 Å². The zero-order chi connectivity index (χ0) is 19.2. The van der Waals surface area contributed by atoms with Crippen LogP contribution >= 0.6 is 11.6 Å². The van der Waals surface area contributed by atoms with E-state index in [1.165, 1.54) is 6.42 Å². The molecule has 1 N–H and O–H groups in total. The van der Waals surface area contributed by atoms with E-state index in [0.29, 0.717) is 23.6 Å². The highest BCUT2D eigenvalue weighted by atomic mass is 35.5. The van der Waals surface area contributed by atoms with Gasteiger partial charge in [0.25, 0.3) is 0 Å². The number of halogens is 1. The molecule has 5 nitrogen and oxygen atoms in total. The van der Waals surface area contributed by atoms with Gasteiger partial charge in [-0.1, -0.05) is 43.0 Å². The first-order chi connectivity index (χ1) is 13.0. The van der Waals surface area contributed by atoms with Crippen LogP contribution in [0.2, 0.25) is 5.02 Å². The number of hydrogen-bond acceptors (Lipinski definition) is 3. The smallest absolute Gasteiger partial charge is 0.243 e. The number of rotatable bonds is 6.